The quantitative estimate of drug-likeness (QED) is 0.184. The summed E-state index contributed by atoms with van der Waals surface area (Å²) in [4.78, 5) is 4.84. The van der Waals surface area contributed by atoms with E-state index in [9.17, 15) is 0 Å². The lowest BCUT2D eigenvalue weighted by molar-refractivity contribution is 0.632. The van der Waals surface area contributed by atoms with Crippen LogP contribution in [0.4, 0.5) is 34.1 Å². The molecule has 1 aliphatic heterocycles. The van der Waals surface area contributed by atoms with Gasteiger partial charge < -0.3 is 9.80 Å². The summed E-state index contributed by atoms with van der Waals surface area (Å²) in [6.07, 6.45) is 0. The van der Waals surface area contributed by atoms with Gasteiger partial charge in [0.05, 0.1) is 17.1 Å². The summed E-state index contributed by atoms with van der Waals surface area (Å²) >= 11 is 0. The Morgan fingerprint density at radius 3 is 1.74 bits per heavy atom. The number of benzene rings is 7. The van der Waals surface area contributed by atoms with E-state index in [0.717, 1.165) is 11.4 Å². The summed E-state index contributed by atoms with van der Waals surface area (Å²) in [5, 5.41) is 0. The normalized spacial score (nSPS) is 14.7. The second kappa shape index (κ2) is 11.4. The zero-order chi connectivity index (χ0) is 34.0. The number of hydrogen-bond acceptors (Lipinski definition) is 2. The zero-order valence-electron chi connectivity index (χ0n) is 29.1. The Kier molecular flexibility index (Phi) is 6.86. The predicted molar refractivity (Wildman–Crippen MR) is 211 cm³/mol. The van der Waals surface area contributed by atoms with E-state index in [1.54, 1.807) is 0 Å². The third kappa shape index (κ3) is 4.55. The fourth-order valence-electron chi connectivity index (χ4n) is 8.47. The molecule has 0 saturated heterocycles. The highest BCUT2D eigenvalue weighted by molar-refractivity contribution is 5.95. The van der Waals surface area contributed by atoms with E-state index >= 15 is 0 Å². The summed E-state index contributed by atoms with van der Waals surface area (Å²) in [6, 6.07) is 62.2. The van der Waals surface area contributed by atoms with Crippen LogP contribution in [0.2, 0.25) is 0 Å². The van der Waals surface area contributed by atoms with Gasteiger partial charge in [0.25, 0.3) is 0 Å². The first kappa shape index (κ1) is 30.2. The third-order valence-corrected chi connectivity index (χ3v) is 11.0. The Bertz CT molecular complexity index is 2370. The van der Waals surface area contributed by atoms with Gasteiger partial charge in [-0.05, 0) is 99.6 Å². The molecule has 0 atom stereocenters. The molecule has 0 saturated carbocycles. The van der Waals surface area contributed by atoms with Gasteiger partial charge in [-0.2, -0.15) is 0 Å². The first-order valence-corrected chi connectivity index (χ1v) is 17.6. The molecule has 1 heterocycles. The summed E-state index contributed by atoms with van der Waals surface area (Å²) < 4.78 is 0. The summed E-state index contributed by atoms with van der Waals surface area (Å²) in [5.41, 5.74) is 17.4. The fraction of sp³-hybridized carbons (Fsp3) is 0.125. The monoisotopic (exact) mass is 644 g/mol. The van der Waals surface area contributed by atoms with E-state index in [1.165, 1.54) is 67.3 Å². The number of para-hydroxylation sites is 3. The number of anilines is 6. The zero-order valence-corrected chi connectivity index (χ0v) is 29.1. The fourth-order valence-corrected chi connectivity index (χ4v) is 8.47. The molecule has 0 fully saturated rings. The number of rotatable bonds is 5. The molecule has 2 heteroatoms. The summed E-state index contributed by atoms with van der Waals surface area (Å²) in [5.74, 6) is 0. The van der Waals surface area contributed by atoms with E-state index < -0.39 is 0 Å². The molecule has 2 nitrogen and oxygen atoms in total. The maximum absolute atomic E-state index is 2.42. The van der Waals surface area contributed by atoms with Gasteiger partial charge in [-0.15, -0.1) is 0 Å². The lowest BCUT2D eigenvalue weighted by Crippen LogP contribution is -2.30. The highest BCUT2D eigenvalue weighted by atomic mass is 15.2. The Morgan fingerprint density at radius 2 is 0.980 bits per heavy atom. The first-order chi connectivity index (χ1) is 24.3. The molecule has 7 aromatic carbocycles. The van der Waals surface area contributed by atoms with Crippen LogP contribution in [0.1, 0.15) is 49.9 Å². The van der Waals surface area contributed by atoms with E-state index in [1.807, 2.05) is 0 Å². The lowest BCUT2D eigenvalue weighted by atomic mass is 9.73. The smallest absolute Gasteiger partial charge is 0.0543 e. The molecule has 2 aliphatic rings. The Labute approximate surface area is 295 Å². The third-order valence-electron chi connectivity index (χ3n) is 11.0. The van der Waals surface area contributed by atoms with Crippen molar-refractivity contribution in [2.24, 2.45) is 0 Å². The molecule has 50 heavy (non-hydrogen) atoms. The van der Waals surface area contributed by atoms with Crippen LogP contribution in [0.15, 0.2) is 170 Å². The number of nitrogens with zero attached hydrogens (tertiary/aromatic N) is 2. The van der Waals surface area contributed by atoms with Gasteiger partial charge in [-0.3, -0.25) is 0 Å². The molecule has 0 N–H and O–H groups in total. The van der Waals surface area contributed by atoms with Crippen molar-refractivity contribution >= 4 is 34.1 Å². The van der Waals surface area contributed by atoms with Crippen LogP contribution in [0.3, 0.4) is 0 Å². The Morgan fingerprint density at radius 1 is 0.420 bits per heavy atom. The number of hydrogen-bond donors (Lipinski definition) is 0. The largest absolute Gasteiger partial charge is 0.310 e. The standard InChI is InChI=1S/C48H40N2/c1-47(2)39-21-12-11-20-38(39)46-41(47)23-15-25-45(46)49(35-16-7-5-8-17-35)37-29-26-33(27-30-37)34-28-31-44-42(32-34)48(3,4)40-22-13-14-24-43(40)50(44)36-18-9-6-10-19-36/h5-32H,1-4H3. The molecule has 0 amide bonds. The molecule has 7 aromatic rings. The van der Waals surface area contributed by atoms with E-state index in [2.05, 4.69) is 207 Å². The van der Waals surface area contributed by atoms with Crippen molar-refractivity contribution in [1.29, 1.82) is 0 Å². The highest BCUT2D eigenvalue weighted by Crippen LogP contribution is 2.55. The second-order valence-corrected chi connectivity index (χ2v) is 14.6. The maximum Gasteiger partial charge on any atom is 0.0543 e. The van der Waals surface area contributed by atoms with Crippen molar-refractivity contribution in [3.8, 4) is 22.3 Å². The average Bonchev–Trinajstić information content (AvgIpc) is 3.40. The van der Waals surface area contributed by atoms with Crippen LogP contribution in [0, 0.1) is 0 Å². The van der Waals surface area contributed by atoms with Crippen molar-refractivity contribution in [3.05, 3.63) is 192 Å². The van der Waals surface area contributed by atoms with Crippen LogP contribution >= 0.6 is 0 Å². The van der Waals surface area contributed by atoms with Gasteiger partial charge in [-0.1, -0.05) is 137 Å². The highest BCUT2D eigenvalue weighted by Gasteiger charge is 2.38. The first-order valence-electron chi connectivity index (χ1n) is 17.6. The van der Waals surface area contributed by atoms with Gasteiger partial charge >= 0.3 is 0 Å². The maximum atomic E-state index is 2.42. The van der Waals surface area contributed by atoms with Crippen LogP contribution in [0.25, 0.3) is 22.3 Å². The average molecular weight is 645 g/mol. The minimum absolute atomic E-state index is 0.0645. The van der Waals surface area contributed by atoms with Gasteiger partial charge in [0.1, 0.15) is 0 Å². The molecule has 0 radical (unpaired) electrons. The molecular weight excluding hydrogens is 605 g/mol. The molecule has 1 aliphatic carbocycles. The molecule has 9 rings (SSSR count). The topological polar surface area (TPSA) is 6.48 Å². The van der Waals surface area contributed by atoms with Crippen molar-refractivity contribution in [3.63, 3.8) is 0 Å². The van der Waals surface area contributed by atoms with Crippen molar-refractivity contribution in [2.45, 2.75) is 38.5 Å². The molecule has 0 spiro atoms. The van der Waals surface area contributed by atoms with Crippen molar-refractivity contribution < 1.29 is 0 Å². The van der Waals surface area contributed by atoms with Gasteiger partial charge in [0.15, 0.2) is 0 Å². The molecule has 242 valence electrons. The SMILES string of the molecule is CC1(C)c2ccccc2N(c2ccccc2)c2ccc(-c3ccc(N(c4ccccc4)c4cccc5c4-c4ccccc4C5(C)C)cc3)cc21. The van der Waals surface area contributed by atoms with Gasteiger partial charge in [-0.25, -0.2) is 0 Å². The minimum atomic E-state index is -0.158. The van der Waals surface area contributed by atoms with Crippen molar-refractivity contribution in [2.75, 3.05) is 9.80 Å². The summed E-state index contributed by atoms with van der Waals surface area (Å²) in [7, 11) is 0. The molecule has 0 bridgehead atoms. The predicted octanol–water partition coefficient (Wildman–Crippen LogP) is 13.2. The van der Waals surface area contributed by atoms with E-state index in [-0.39, 0.29) is 10.8 Å². The van der Waals surface area contributed by atoms with Crippen LogP contribution in [-0.2, 0) is 10.8 Å². The lowest BCUT2D eigenvalue weighted by Gasteiger charge is -2.42. The Balaban J connectivity index is 1.15. The van der Waals surface area contributed by atoms with Crippen molar-refractivity contribution in [1.82, 2.24) is 0 Å². The molecule has 0 unspecified atom stereocenters. The molecule has 0 aromatic heterocycles. The number of fused-ring (bicyclic) bond motifs is 5. The van der Waals surface area contributed by atoms with Gasteiger partial charge in [0, 0.05) is 33.5 Å². The van der Waals surface area contributed by atoms with E-state index in [0.29, 0.717) is 0 Å². The minimum Gasteiger partial charge on any atom is -0.310 e. The molecular formula is C48H40N2. The van der Waals surface area contributed by atoms with Crippen LogP contribution in [-0.4, -0.2) is 0 Å². The van der Waals surface area contributed by atoms with E-state index in [4.69, 9.17) is 0 Å². The second-order valence-electron chi connectivity index (χ2n) is 14.6. The van der Waals surface area contributed by atoms with Crippen LogP contribution < -0.4 is 9.80 Å². The summed E-state index contributed by atoms with van der Waals surface area (Å²) in [6.45, 7) is 9.41. The van der Waals surface area contributed by atoms with Gasteiger partial charge in [0.2, 0.25) is 0 Å². The van der Waals surface area contributed by atoms with Crippen LogP contribution in [0.5, 0.6) is 0 Å². The Hall–Kier alpha value is -5.86.